The molecule has 3 aromatic rings. The highest BCUT2D eigenvalue weighted by molar-refractivity contribution is 6.30. The van der Waals surface area contributed by atoms with Gasteiger partial charge in [-0.25, -0.2) is 5.01 Å². The lowest BCUT2D eigenvalue weighted by Crippen LogP contribution is -2.27. The van der Waals surface area contributed by atoms with Gasteiger partial charge in [0, 0.05) is 35.0 Å². The number of rotatable bonds is 3. The summed E-state index contributed by atoms with van der Waals surface area (Å²) in [5.74, 6) is -0.199. The van der Waals surface area contributed by atoms with Crippen LogP contribution in [0.25, 0.3) is 0 Å². The van der Waals surface area contributed by atoms with Gasteiger partial charge in [-0.15, -0.1) is 0 Å². The summed E-state index contributed by atoms with van der Waals surface area (Å²) in [6, 6.07) is 19.6. The fraction of sp³-hybridized carbons (Fsp3) is 0.0909. The Hall–Kier alpha value is -3.49. The van der Waals surface area contributed by atoms with Crippen LogP contribution in [-0.2, 0) is 0 Å². The molecule has 0 aliphatic carbocycles. The molecule has 1 aliphatic heterocycles. The standard InChI is InChI=1S/C22H15ClN4O/c23-19-7-5-18(6-8-19)22(28)27-21(17-3-1-15(14-24)2-4-17)13-20(26-27)16-9-11-25-12-10-16/h1-12,21H,13H2. The Balaban J connectivity index is 1.72. The van der Waals surface area contributed by atoms with E-state index < -0.39 is 0 Å². The number of benzene rings is 2. The van der Waals surface area contributed by atoms with Crippen molar-refractivity contribution in [3.05, 3.63) is 100 Å². The second-order valence-corrected chi connectivity index (χ2v) is 6.83. The van der Waals surface area contributed by atoms with E-state index in [1.165, 1.54) is 5.01 Å². The second kappa shape index (κ2) is 7.63. The molecule has 1 amide bonds. The molecule has 2 heterocycles. The van der Waals surface area contributed by atoms with Crippen molar-refractivity contribution in [3.63, 3.8) is 0 Å². The highest BCUT2D eigenvalue weighted by Crippen LogP contribution is 2.34. The van der Waals surface area contributed by atoms with Gasteiger partial charge >= 0.3 is 0 Å². The number of hydrazone groups is 1. The Bertz CT molecular complexity index is 1070. The van der Waals surface area contributed by atoms with Crippen LogP contribution in [0, 0.1) is 11.3 Å². The second-order valence-electron chi connectivity index (χ2n) is 6.39. The number of nitrogens with zero attached hydrogens (tertiary/aromatic N) is 4. The fourth-order valence-electron chi connectivity index (χ4n) is 3.18. The number of pyridine rings is 1. The molecular formula is C22H15ClN4O. The number of carbonyl (C=O) groups is 1. The summed E-state index contributed by atoms with van der Waals surface area (Å²) >= 11 is 5.95. The lowest BCUT2D eigenvalue weighted by molar-refractivity contribution is 0.0711. The SMILES string of the molecule is N#Cc1ccc(C2CC(c3ccncc3)=NN2C(=O)c2ccc(Cl)cc2)cc1. The molecule has 5 nitrogen and oxygen atoms in total. The zero-order valence-corrected chi connectivity index (χ0v) is 15.5. The van der Waals surface area contributed by atoms with Crippen molar-refractivity contribution in [3.8, 4) is 6.07 Å². The number of amides is 1. The Morgan fingerprint density at radius 2 is 1.71 bits per heavy atom. The van der Waals surface area contributed by atoms with Crippen LogP contribution < -0.4 is 0 Å². The predicted molar refractivity (Wildman–Crippen MR) is 107 cm³/mol. The first-order valence-corrected chi connectivity index (χ1v) is 9.10. The van der Waals surface area contributed by atoms with Gasteiger partial charge in [0.25, 0.3) is 5.91 Å². The molecule has 28 heavy (non-hydrogen) atoms. The van der Waals surface area contributed by atoms with Crippen molar-refractivity contribution in [2.75, 3.05) is 0 Å². The van der Waals surface area contributed by atoms with Crippen LogP contribution in [0.2, 0.25) is 5.02 Å². The Kier molecular flexibility index (Phi) is 4.88. The topological polar surface area (TPSA) is 69.3 Å². The van der Waals surface area contributed by atoms with Gasteiger partial charge in [-0.2, -0.15) is 10.4 Å². The van der Waals surface area contributed by atoms with E-state index in [0.29, 0.717) is 22.6 Å². The molecule has 0 fully saturated rings. The van der Waals surface area contributed by atoms with Gasteiger partial charge in [0.05, 0.1) is 23.4 Å². The Morgan fingerprint density at radius 3 is 2.36 bits per heavy atom. The van der Waals surface area contributed by atoms with E-state index in [1.807, 2.05) is 24.3 Å². The molecule has 0 N–H and O–H groups in total. The van der Waals surface area contributed by atoms with Crippen LogP contribution in [0.4, 0.5) is 0 Å². The number of aromatic nitrogens is 1. The van der Waals surface area contributed by atoms with Gasteiger partial charge in [-0.1, -0.05) is 23.7 Å². The lowest BCUT2D eigenvalue weighted by Gasteiger charge is -2.22. The van der Waals surface area contributed by atoms with Crippen molar-refractivity contribution in [2.45, 2.75) is 12.5 Å². The first-order valence-electron chi connectivity index (χ1n) is 8.73. The molecule has 1 aromatic heterocycles. The maximum Gasteiger partial charge on any atom is 0.274 e. The number of halogens is 1. The van der Waals surface area contributed by atoms with E-state index in [4.69, 9.17) is 16.9 Å². The Labute approximate surface area is 167 Å². The first kappa shape index (κ1) is 17.9. The van der Waals surface area contributed by atoms with Gasteiger partial charge in [0.1, 0.15) is 0 Å². The predicted octanol–water partition coefficient (Wildman–Crippen LogP) is 4.60. The maximum atomic E-state index is 13.2. The summed E-state index contributed by atoms with van der Waals surface area (Å²) in [5, 5.41) is 15.8. The summed E-state index contributed by atoms with van der Waals surface area (Å²) < 4.78 is 0. The largest absolute Gasteiger partial charge is 0.274 e. The van der Waals surface area contributed by atoms with Gasteiger partial charge < -0.3 is 0 Å². The molecule has 0 radical (unpaired) electrons. The zero-order valence-electron chi connectivity index (χ0n) is 14.8. The monoisotopic (exact) mass is 386 g/mol. The summed E-state index contributed by atoms with van der Waals surface area (Å²) in [7, 11) is 0. The number of nitriles is 1. The summed E-state index contributed by atoms with van der Waals surface area (Å²) in [6.07, 6.45) is 3.99. The summed E-state index contributed by atoms with van der Waals surface area (Å²) in [4.78, 5) is 17.2. The Morgan fingerprint density at radius 1 is 1.04 bits per heavy atom. The molecule has 1 atom stereocenters. The number of carbonyl (C=O) groups excluding carboxylic acids is 1. The highest BCUT2D eigenvalue weighted by atomic mass is 35.5. The van der Waals surface area contributed by atoms with E-state index in [9.17, 15) is 4.79 Å². The molecule has 0 bridgehead atoms. The van der Waals surface area contributed by atoms with E-state index >= 15 is 0 Å². The van der Waals surface area contributed by atoms with Gasteiger partial charge in [0.15, 0.2) is 0 Å². The van der Waals surface area contributed by atoms with Crippen LogP contribution in [0.15, 0.2) is 78.2 Å². The minimum Gasteiger partial charge on any atom is -0.267 e. The van der Waals surface area contributed by atoms with Crippen LogP contribution in [0.3, 0.4) is 0 Å². The third-order valence-electron chi connectivity index (χ3n) is 4.65. The average Bonchev–Trinajstić information content (AvgIpc) is 3.20. The molecule has 2 aromatic carbocycles. The zero-order chi connectivity index (χ0) is 19.5. The van der Waals surface area contributed by atoms with Crippen molar-refractivity contribution in [2.24, 2.45) is 5.10 Å². The third-order valence-corrected chi connectivity index (χ3v) is 4.90. The van der Waals surface area contributed by atoms with Crippen molar-refractivity contribution >= 4 is 23.2 Å². The van der Waals surface area contributed by atoms with Crippen LogP contribution in [0.1, 0.15) is 39.5 Å². The average molecular weight is 387 g/mol. The van der Waals surface area contributed by atoms with Gasteiger partial charge in [-0.05, 0) is 54.1 Å². The van der Waals surface area contributed by atoms with Gasteiger partial charge in [-0.3, -0.25) is 9.78 Å². The molecule has 1 unspecified atom stereocenters. The minimum absolute atomic E-state index is 0.199. The van der Waals surface area contributed by atoms with E-state index in [2.05, 4.69) is 16.2 Å². The maximum absolute atomic E-state index is 13.2. The molecule has 1 aliphatic rings. The molecule has 6 heteroatoms. The normalized spacial score (nSPS) is 15.8. The number of hydrogen-bond acceptors (Lipinski definition) is 4. The molecule has 4 rings (SSSR count). The van der Waals surface area contributed by atoms with Gasteiger partial charge in [0.2, 0.25) is 0 Å². The fourth-order valence-corrected chi connectivity index (χ4v) is 3.31. The molecule has 0 saturated heterocycles. The minimum atomic E-state index is -0.251. The van der Waals surface area contributed by atoms with E-state index in [-0.39, 0.29) is 11.9 Å². The summed E-state index contributed by atoms with van der Waals surface area (Å²) in [5.41, 5.74) is 3.77. The van der Waals surface area contributed by atoms with Crippen LogP contribution in [0.5, 0.6) is 0 Å². The first-order chi connectivity index (χ1) is 13.7. The summed E-state index contributed by atoms with van der Waals surface area (Å²) in [6.45, 7) is 0. The molecular weight excluding hydrogens is 372 g/mol. The smallest absolute Gasteiger partial charge is 0.267 e. The van der Waals surface area contributed by atoms with E-state index in [1.54, 1.807) is 48.8 Å². The quantitative estimate of drug-likeness (QED) is 0.660. The number of hydrogen-bond donors (Lipinski definition) is 0. The molecule has 0 saturated carbocycles. The van der Waals surface area contributed by atoms with Crippen LogP contribution >= 0.6 is 11.6 Å². The van der Waals surface area contributed by atoms with Crippen molar-refractivity contribution in [1.29, 1.82) is 5.26 Å². The van der Waals surface area contributed by atoms with Crippen molar-refractivity contribution < 1.29 is 4.79 Å². The van der Waals surface area contributed by atoms with Crippen LogP contribution in [-0.4, -0.2) is 21.6 Å². The molecule has 0 spiro atoms. The van der Waals surface area contributed by atoms with E-state index in [0.717, 1.165) is 16.8 Å². The lowest BCUT2D eigenvalue weighted by atomic mass is 9.98. The highest BCUT2D eigenvalue weighted by Gasteiger charge is 2.33. The van der Waals surface area contributed by atoms with Crippen molar-refractivity contribution in [1.82, 2.24) is 9.99 Å². The molecule has 136 valence electrons. The third kappa shape index (κ3) is 3.51.